The number of nitrogens with two attached hydrogens (primary N) is 1. The molecule has 1 atom stereocenters. The number of ether oxygens (including phenoxy) is 1. The molecular formula is C15H13F3INO. The molecule has 2 N–H and O–H groups in total. The van der Waals surface area contributed by atoms with Crippen LogP contribution in [-0.2, 0) is 6.42 Å². The van der Waals surface area contributed by atoms with Gasteiger partial charge in [0.15, 0.2) is 0 Å². The highest BCUT2D eigenvalue weighted by Gasteiger charge is 2.30. The Balaban J connectivity index is 2.03. The van der Waals surface area contributed by atoms with Crippen LogP contribution in [-0.4, -0.2) is 6.36 Å². The number of benzene rings is 2. The van der Waals surface area contributed by atoms with Crippen LogP contribution >= 0.6 is 22.6 Å². The minimum absolute atomic E-state index is 0.200. The van der Waals surface area contributed by atoms with Crippen molar-refractivity contribution in [1.82, 2.24) is 0 Å². The van der Waals surface area contributed by atoms with Crippen molar-refractivity contribution in [3.63, 3.8) is 0 Å². The molecule has 0 aliphatic carbocycles. The second-order valence-corrected chi connectivity index (χ2v) is 5.80. The third-order valence-electron chi connectivity index (χ3n) is 2.89. The first-order valence-corrected chi connectivity index (χ1v) is 7.27. The minimum Gasteiger partial charge on any atom is -0.406 e. The van der Waals surface area contributed by atoms with Crippen LogP contribution in [0.1, 0.15) is 17.2 Å². The molecule has 0 fully saturated rings. The van der Waals surface area contributed by atoms with E-state index >= 15 is 0 Å². The lowest BCUT2D eigenvalue weighted by Crippen LogP contribution is -2.17. The lowest BCUT2D eigenvalue weighted by molar-refractivity contribution is -0.274. The van der Waals surface area contributed by atoms with E-state index < -0.39 is 6.36 Å². The number of hydrogen-bond acceptors (Lipinski definition) is 2. The van der Waals surface area contributed by atoms with Gasteiger partial charge < -0.3 is 10.5 Å². The standard InChI is InChI=1S/C15H13F3INO/c16-15(17,18)21-13-6-4-10(5-7-13)8-14(20)11-2-1-3-12(19)9-11/h1-7,9,14H,8,20H2. The highest BCUT2D eigenvalue weighted by Crippen LogP contribution is 2.24. The van der Waals surface area contributed by atoms with Crippen molar-refractivity contribution >= 4 is 22.6 Å². The van der Waals surface area contributed by atoms with Gasteiger partial charge in [-0.3, -0.25) is 0 Å². The van der Waals surface area contributed by atoms with E-state index in [0.29, 0.717) is 6.42 Å². The van der Waals surface area contributed by atoms with Crippen LogP contribution in [0.25, 0.3) is 0 Å². The van der Waals surface area contributed by atoms with Crippen LogP contribution in [0.4, 0.5) is 13.2 Å². The van der Waals surface area contributed by atoms with Crippen molar-refractivity contribution in [2.75, 3.05) is 0 Å². The third kappa shape index (κ3) is 5.20. The number of hydrogen-bond donors (Lipinski definition) is 1. The van der Waals surface area contributed by atoms with Gasteiger partial charge in [0.1, 0.15) is 5.75 Å². The fourth-order valence-corrected chi connectivity index (χ4v) is 2.50. The van der Waals surface area contributed by atoms with Gasteiger partial charge in [-0.1, -0.05) is 24.3 Å². The molecular weight excluding hydrogens is 394 g/mol. The third-order valence-corrected chi connectivity index (χ3v) is 3.56. The van der Waals surface area contributed by atoms with Crippen molar-refractivity contribution in [2.24, 2.45) is 5.73 Å². The van der Waals surface area contributed by atoms with E-state index in [1.807, 2.05) is 24.3 Å². The Bertz CT molecular complexity index is 599. The second kappa shape index (κ2) is 6.65. The first-order valence-electron chi connectivity index (χ1n) is 6.19. The lowest BCUT2D eigenvalue weighted by atomic mass is 10.00. The molecule has 0 amide bonds. The molecule has 0 saturated heterocycles. The molecule has 112 valence electrons. The van der Waals surface area contributed by atoms with E-state index in [4.69, 9.17) is 5.73 Å². The largest absolute Gasteiger partial charge is 0.573 e. The zero-order valence-corrected chi connectivity index (χ0v) is 13.1. The normalized spacial score (nSPS) is 13.0. The summed E-state index contributed by atoms with van der Waals surface area (Å²) in [6.45, 7) is 0. The van der Waals surface area contributed by atoms with Gasteiger partial charge in [0.2, 0.25) is 0 Å². The van der Waals surface area contributed by atoms with E-state index in [9.17, 15) is 13.2 Å². The summed E-state index contributed by atoms with van der Waals surface area (Å²) in [7, 11) is 0. The maximum Gasteiger partial charge on any atom is 0.573 e. The van der Waals surface area contributed by atoms with Gasteiger partial charge in [-0.05, 0) is 64.4 Å². The minimum atomic E-state index is -4.67. The summed E-state index contributed by atoms with van der Waals surface area (Å²) >= 11 is 2.21. The van der Waals surface area contributed by atoms with Gasteiger partial charge >= 0.3 is 6.36 Å². The predicted molar refractivity (Wildman–Crippen MR) is 82.9 cm³/mol. The van der Waals surface area contributed by atoms with Gasteiger partial charge in [0.25, 0.3) is 0 Å². The first-order chi connectivity index (χ1) is 9.83. The molecule has 2 aromatic carbocycles. The van der Waals surface area contributed by atoms with Gasteiger partial charge in [0, 0.05) is 9.61 Å². The fraction of sp³-hybridized carbons (Fsp3) is 0.200. The van der Waals surface area contributed by atoms with Crippen LogP contribution in [0.15, 0.2) is 48.5 Å². The molecule has 0 radical (unpaired) electrons. The van der Waals surface area contributed by atoms with Crippen LogP contribution in [0, 0.1) is 3.57 Å². The maximum absolute atomic E-state index is 12.1. The van der Waals surface area contributed by atoms with Crippen LogP contribution in [0.5, 0.6) is 5.75 Å². The highest BCUT2D eigenvalue weighted by molar-refractivity contribution is 14.1. The maximum atomic E-state index is 12.1. The van der Waals surface area contributed by atoms with Crippen molar-refractivity contribution in [3.8, 4) is 5.75 Å². The summed E-state index contributed by atoms with van der Waals surface area (Å²) in [4.78, 5) is 0. The molecule has 2 aromatic rings. The molecule has 2 rings (SSSR count). The molecule has 6 heteroatoms. The average Bonchev–Trinajstić information content (AvgIpc) is 2.39. The van der Waals surface area contributed by atoms with Crippen LogP contribution in [0.2, 0.25) is 0 Å². The topological polar surface area (TPSA) is 35.2 Å². The number of rotatable bonds is 4. The van der Waals surface area contributed by atoms with Gasteiger partial charge in [-0.15, -0.1) is 13.2 Å². The van der Waals surface area contributed by atoms with Gasteiger partial charge in [-0.25, -0.2) is 0 Å². The molecule has 0 saturated carbocycles. The van der Waals surface area contributed by atoms with Crippen LogP contribution in [0.3, 0.4) is 0 Å². The Labute approximate surface area is 134 Å². The van der Waals surface area contributed by atoms with E-state index in [-0.39, 0.29) is 11.8 Å². The number of halogens is 4. The zero-order chi connectivity index (χ0) is 15.5. The molecule has 1 unspecified atom stereocenters. The highest BCUT2D eigenvalue weighted by atomic mass is 127. The zero-order valence-electron chi connectivity index (χ0n) is 10.9. The molecule has 0 spiro atoms. The van der Waals surface area contributed by atoms with Gasteiger partial charge in [0.05, 0.1) is 0 Å². The SMILES string of the molecule is NC(Cc1ccc(OC(F)(F)F)cc1)c1cccc(I)c1. The molecule has 0 aliphatic rings. The first kappa shape index (κ1) is 16.1. The predicted octanol–water partition coefficient (Wildman–Crippen LogP) is 4.43. The quantitative estimate of drug-likeness (QED) is 0.762. The molecule has 0 heterocycles. The molecule has 0 aromatic heterocycles. The number of alkyl halides is 3. The monoisotopic (exact) mass is 407 g/mol. The molecule has 0 aliphatic heterocycles. The Kier molecular flexibility index (Phi) is 5.10. The van der Waals surface area contributed by atoms with Crippen molar-refractivity contribution in [2.45, 2.75) is 18.8 Å². The smallest absolute Gasteiger partial charge is 0.406 e. The second-order valence-electron chi connectivity index (χ2n) is 4.56. The van der Waals surface area contributed by atoms with E-state index in [0.717, 1.165) is 14.7 Å². The Morgan fingerprint density at radius 3 is 2.33 bits per heavy atom. The van der Waals surface area contributed by atoms with Gasteiger partial charge in [-0.2, -0.15) is 0 Å². The summed E-state index contributed by atoms with van der Waals surface area (Å²) in [5.74, 6) is -0.228. The van der Waals surface area contributed by atoms with E-state index in [2.05, 4.69) is 27.3 Å². The van der Waals surface area contributed by atoms with Crippen molar-refractivity contribution in [1.29, 1.82) is 0 Å². The van der Waals surface area contributed by atoms with E-state index in [1.165, 1.54) is 12.1 Å². The van der Waals surface area contributed by atoms with Crippen molar-refractivity contribution in [3.05, 3.63) is 63.2 Å². The summed E-state index contributed by atoms with van der Waals surface area (Å²) in [5.41, 5.74) is 7.98. The van der Waals surface area contributed by atoms with E-state index in [1.54, 1.807) is 12.1 Å². The molecule has 0 bridgehead atoms. The summed E-state index contributed by atoms with van der Waals surface area (Å²) in [6, 6.07) is 13.4. The Morgan fingerprint density at radius 2 is 1.76 bits per heavy atom. The summed E-state index contributed by atoms with van der Waals surface area (Å²) in [5, 5.41) is 0. The molecule has 21 heavy (non-hydrogen) atoms. The lowest BCUT2D eigenvalue weighted by Gasteiger charge is -2.13. The fourth-order valence-electron chi connectivity index (χ4n) is 1.94. The van der Waals surface area contributed by atoms with Crippen molar-refractivity contribution < 1.29 is 17.9 Å². The Hall–Kier alpha value is -1.28. The average molecular weight is 407 g/mol. The molecule has 2 nitrogen and oxygen atoms in total. The van der Waals surface area contributed by atoms with Crippen LogP contribution < -0.4 is 10.5 Å². The Morgan fingerprint density at radius 1 is 1.10 bits per heavy atom. The summed E-state index contributed by atoms with van der Waals surface area (Å²) < 4.78 is 41.1. The summed E-state index contributed by atoms with van der Waals surface area (Å²) in [6.07, 6.45) is -4.12.